The fourth-order valence-corrected chi connectivity index (χ4v) is 2.28. The number of hydrogen-bond acceptors (Lipinski definition) is 3. The summed E-state index contributed by atoms with van der Waals surface area (Å²) >= 11 is 0. The Morgan fingerprint density at radius 1 is 1.53 bits per heavy atom. The number of aromatic nitrogens is 2. The van der Waals surface area contributed by atoms with E-state index in [0.29, 0.717) is 12.0 Å². The average Bonchev–Trinajstić information content (AvgIpc) is 3.01. The Morgan fingerprint density at radius 2 is 2.47 bits per heavy atom. The molecule has 2 atom stereocenters. The minimum atomic E-state index is 0.589. The molecule has 0 spiro atoms. The van der Waals surface area contributed by atoms with E-state index in [1.54, 1.807) is 0 Å². The highest BCUT2D eigenvalue weighted by Gasteiger charge is 2.21. The molecule has 1 aliphatic heterocycles. The maximum absolute atomic E-state index is 5.40. The predicted molar refractivity (Wildman–Crippen MR) is 67.9 cm³/mol. The van der Waals surface area contributed by atoms with Gasteiger partial charge >= 0.3 is 0 Å². The monoisotopic (exact) mass is 237 g/mol. The van der Waals surface area contributed by atoms with E-state index in [2.05, 4.69) is 21.8 Å². The second kappa shape index (κ2) is 6.77. The maximum atomic E-state index is 5.40. The summed E-state index contributed by atoms with van der Waals surface area (Å²) in [6.07, 6.45) is 9.37. The van der Waals surface area contributed by atoms with Gasteiger partial charge in [0.05, 0.1) is 12.9 Å². The summed E-state index contributed by atoms with van der Waals surface area (Å²) in [5.41, 5.74) is 0. The Kier molecular flexibility index (Phi) is 5.01. The van der Waals surface area contributed by atoms with E-state index in [-0.39, 0.29) is 0 Å². The van der Waals surface area contributed by atoms with Crippen LogP contribution in [0, 0.1) is 5.92 Å². The Morgan fingerprint density at radius 3 is 3.18 bits per heavy atom. The number of hydrogen-bond donors (Lipinski definition) is 1. The molecule has 4 nitrogen and oxygen atoms in total. The van der Waals surface area contributed by atoms with Crippen LogP contribution in [0.25, 0.3) is 0 Å². The second-order valence-corrected chi connectivity index (χ2v) is 4.87. The van der Waals surface area contributed by atoms with Crippen LogP contribution < -0.4 is 5.32 Å². The van der Waals surface area contributed by atoms with Gasteiger partial charge in [-0.05, 0) is 38.6 Å². The van der Waals surface area contributed by atoms with E-state index < -0.39 is 0 Å². The van der Waals surface area contributed by atoms with Gasteiger partial charge in [0.1, 0.15) is 0 Å². The molecule has 1 aliphatic rings. The first-order valence-electron chi connectivity index (χ1n) is 6.63. The summed E-state index contributed by atoms with van der Waals surface area (Å²) in [7, 11) is 0. The van der Waals surface area contributed by atoms with Crippen molar-refractivity contribution in [1.29, 1.82) is 0 Å². The first-order chi connectivity index (χ1) is 8.36. The van der Waals surface area contributed by atoms with Gasteiger partial charge in [0.25, 0.3) is 0 Å². The van der Waals surface area contributed by atoms with Crippen molar-refractivity contribution in [2.45, 2.75) is 38.8 Å². The van der Waals surface area contributed by atoms with Crippen LogP contribution in [0.5, 0.6) is 0 Å². The molecule has 2 unspecified atom stereocenters. The Labute approximate surface area is 103 Å². The molecule has 1 N–H and O–H groups in total. The zero-order valence-electron chi connectivity index (χ0n) is 10.6. The lowest BCUT2D eigenvalue weighted by atomic mass is 10.0. The number of unbranched alkanes of at least 4 members (excludes halogenated alkanes) is 1. The third-order valence-corrected chi connectivity index (χ3v) is 3.54. The molecule has 1 fully saturated rings. The summed E-state index contributed by atoms with van der Waals surface area (Å²) < 4.78 is 7.54. The second-order valence-electron chi connectivity index (χ2n) is 4.87. The van der Waals surface area contributed by atoms with Gasteiger partial charge in [-0.1, -0.05) is 0 Å². The van der Waals surface area contributed by atoms with Crippen LogP contribution in [0.1, 0.15) is 26.2 Å². The van der Waals surface area contributed by atoms with Crippen molar-refractivity contribution in [3.8, 4) is 0 Å². The minimum Gasteiger partial charge on any atom is -0.381 e. The molecule has 0 bridgehead atoms. The van der Waals surface area contributed by atoms with Gasteiger partial charge in [0.15, 0.2) is 0 Å². The Balaban J connectivity index is 1.51. The first kappa shape index (κ1) is 12.6. The number of imidazole rings is 1. The molecule has 0 radical (unpaired) electrons. The Bertz CT molecular complexity index is 294. The largest absolute Gasteiger partial charge is 0.381 e. The highest BCUT2D eigenvalue weighted by Crippen LogP contribution is 2.16. The Hall–Kier alpha value is -0.870. The van der Waals surface area contributed by atoms with Crippen molar-refractivity contribution in [2.75, 3.05) is 19.8 Å². The molecule has 0 saturated carbocycles. The minimum absolute atomic E-state index is 0.589. The molecule has 96 valence electrons. The van der Waals surface area contributed by atoms with Crippen molar-refractivity contribution >= 4 is 0 Å². The van der Waals surface area contributed by atoms with Gasteiger partial charge in [0.2, 0.25) is 0 Å². The number of aryl methyl sites for hydroxylation is 1. The van der Waals surface area contributed by atoms with Gasteiger partial charge in [0, 0.05) is 31.6 Å². The third-order valence-electron chi connectivity index (χ3n) is 3.54. The van der Waals surface area contributed by atoms with Crippen LogP contribution in [-0.4, -0.2) is 35.4 Å². The summed E-state index contributed by atoms with van der Waals surface area (Å²) in [4.78, 5) is 4.04. The molecule has 0 amide bonds. The van der Waals surface area contributed by atoms with Gasteiger partial charge in [-0.25, -0.2) is 4.98 Å². The number of nitrogens with zero attached hydrogens (tertiary/aromatic N) is 2. The van der Waals surface area contributed by atoms with Crippen LogP contribution in [-0.2, 0) is 11.3 Å². The fraction of sp³-hybridized carbons (Fsp3) is 0.769. The lowest BCUT2D eigenvalue weighted by molar-refractivity contribution is 0.178. The predicted octanol–water partition coefficient (Wildman–Crippen LogP) is 1.68. The van der Waals surface area contributed by atoms with Crippen molar-refractivity contribution in [3.05, 3.63) is 18.7 Å². The summed E-state index contributed by atoms with van der Waals surface area (Å²) in [6.45, 7) is 6.32. The van der Waals surface area contributed by atoms with E-state index in [1.165, 1.54) is 19.3 Å². The van der Waals surface area contributed by atoms with Crippen LogP contribution >= 0.6 is 0 Å². The molecule has 17 heavy (non-hydrogen) atoms. The average molecular weight is 237 g/mol. The third kappa shape index (κ3) is 4.13. The highest BCUT2D eigenvalue weighted by molar-refractivity contribution is 4.76. The fourth-order valence-electron chi connectivity index (χ4n) is 2.28. The van der Waals surface area contributed by atoms with Gasteiger partial charge in [-0.15, -0.1) is 0 Å². The quantitative estimate of drug-likeness (QED) is 0.733. The van der Waals surface area contributed by atoms with Crippen molar-refractivity contribution in [2.24, 2.45) is 5.92 Å². The lowest BCUT2D eigenvalue weighted by Crippen LogP contribution is -2.34. The normalized spacial score (nSPS) is 21.8. The SMILES string of the molecule is CC(NCCCCn1ccnc1)C1CCOC1. The zero-order chi connectivity index (χ0) is 11.9. The smallest absolute Gasteiger partial charge is 0.0945 e. The molecule has 1 aromatic rings. The first-order valence-corrected chi connectivity index (χ1v) is 6.63. The summed E-state index contributed by atoms with van der Waals surface area (Å²) in [5, 5.41) is 3.60. The zero-order valence-corrected chi connectivity index (χ0v) is 10.6. The number of ether oxygens (including phenoxy) is 1. The van der Waals surface area contributed by atoms with E-state index in [1.807, 2.05) is 18.7 Å². The molecule has 0 aliphatic carbocycles. The molecular formula is C13H23N3O. The maximum Gasteiger partial charge on any atom is 0.0945 e. The molecule has 1 saturated heterocycles. The highest BCUT2D eigenvalue weighted by atomic mass is 16.5. The van der Waals surface area contributed by atoms with Crippen molar-refractivity contribution in [3.63, 3.8) is 0 Å². The van der Waals surface area contributed by atoms with Gasteiger partial charge in [-0.2, -0.15) is 0 Å². The van der Waals surface area contributed by atoms with Gasteiger partial charge in [-0.3, -0.25) is 0 Å². The van der Waals surface area contributed by atoms with Crippen molar-refractivity contribution in [1.82, 2.24) is 14.9 Å². The summed E-state index contributed by atoms with van der Waals surface area (Å²) in [5.74, 6) is 0.712. The van der Waals surface area contributed by atoms with Crippen molar-refractivity contribution < 1.29 is 4.74 Å². The molecule has 2 heterocycles. The molecule has 2 rings (SSSR count). The van der Waals surface area contributed by atoms with E-state index in [0.717, 1.165) is 26.3 Å². The van der Waals surface area contributed by atoms with Crippen LogP contribution in [0.3, 0.4) is 0 Å². The molecular weight excluding hydrogens is 214 g/mol. The van der Waals surface area contributed by atoms with Crippen LogP contribution in [0.4, 0.5) is 0 Å². The lowest BCUT2D eigenvalue weighted by Gasteiger charge is -2.19. The molecule has 1 aromatic heterocycles. The number of rotatable bonds is 7. The molecule has 4 heteroatoms. The van der Waals surface area contributed by atoms with Crippen LogP contribution in [0.15, 0.2) is 18.7 Å². The summed E-state index contributed by atoms with van der Waals surface area (Å²) in [6, 6.07) is 0.589. The van der Waals surface area contributed by atoms with Crippen LogP contribution in [0.2, 0.25) is 0 Å². The standard InChI is InChI=1S/C13H23N3O/c1-12(13-4-9-17-10-13)15-5-2-3-7-16-8-6-14-11-16/h6,8,11-13,15H,2-5,7,9-10H2,1H3. The van der Waals surface area contributed by atoms with E-state index >= 15 is 0 Å². The topological polar surface area (TPSA) is 39.1 Å². The molecule has 0 aromatic carbocycles. The van der Waals surface area contributed by atoms with E-state index in [9.17, 15) is 0 Å². The number of nitrogens with one attached hydrogen (secondary N) is 1. The van der Waals surface area contributed by atoms with Gasteiger partial charge < -0.3 is 14.6 Å². The van der Waals surface area contributed by atoms with E-state index in [4.69, 9.17) is 4.74 Å².